The van der Waals surface area contributed by atoms with E-state index in [9.17, 15) is 0 Å². The van der Waals surface area contributed by atoms with Crippen LogP contribution < -0.4 is 0 Å². The number of benzene rings is 2. The van der Waals surface area contributed by atoms with Gasteiger partial charge in [-0.15, -0.1) is 0 Å². The zero-order chi connectivity index (χ0) is 14.2. The average Bonchev–Trinajstić information content (AvgIpc) is 2.82. The first-order chi connectivity index (χ1) is 10.3. The number of hydrogen-bond donors (Lipinski definition) is 0. The monoisotopic (exact) mass is 282 g/mol. The summed E-state index contributed by atoms with van der Waals surface area (Å²) in [6, 6.07) is 20.2. The van der Waals surface area contributed by atoms with Gasteiger partial charge < -0.3 is 4.74 Å². The van der Waals surface area contributed by atoms with E-state index in [1.165, 1.54) is 0 Å². The highest BCUT2D eigenvalue weighted by Crippen LogP contribution is 2.52. The highest BCUT2D eigenvalue weighted by Gasteiger charge is 2.55. The van der Waals surface area contributed by atoms with E-state index in [1.54, 1.807) is 0 Å². The molecule has 0 radical (unpaired) electrons. The molecule has 2 aliphatic heterocycles. The third kappa shape index (κ3) is 2.09. The molecule has 4 rings (SSSR count). The van der Waals surface area contributed by atoms with Crippen LogP contribution in [0.1, 0.15) is 36.8 Å². The third-order valence-electron chi connectivity index (χ3n) is 4.33. The van der Waals surface area contributed by atoms with Crippen LogP contribution in [0.25, 0.3) is 0 Å². The highest BCUT2D eigenvalue weighted by molar-refractivity contribution is 5.25. The van der Waals surface area contributed by atoms with Gasteiger partial charge in [0.25, 0.3) is 0 Å². The first-order valence-corrected chi connectivity index (χ1v) is 7.51. The lowest BCUT2D eigenvalue weighted by Crippen LogP contribution is -2.31. The van der Waals surface area contributed by atoms with E-state index in [1.807, 2.05) is 60.7 Å². The van der Waals surface area contributed by atoms with Crippen LogP contribution in [-0.4, -0.2) is 0 Å². The molecule has 0 saturated carbocycles. The quantitative estimate of drug-likeness (QED) is 0.771. The molecule has 3 nitrogen and oxygen atoms in total. The molecular weight excluding hydrogens is 264 g/mol. The fourth-order valence-corrected chi connectivity index (χ4v) is 3.22. The number of rotatable bonds is 2. The predicted molar refractivity (Wildman–Crippen MR) is 78.0 cm³/mol. The van der Waals surface area contributed by atoms with E-state index < -0.39 is 11.6 Å². The maximum absolute atomic E-state index is 6.43. The van der Waals surface area contributed by atoms with E-state index in [-0.39, 0.29) is 0 Å². The van der Waals surface area contributed by atoms with Crippen molar-refractivity contribution in [1.82, 2.24) is 0 Å². The van der Waals surface area contributed by atoms with Gasteiger partial charge in [0.1, 0.15) is 0 Å². The summed E-state index contributed by atoms with van der Waals surface area (Å²) >= 11 is 0. The topological polar surface area (TPSA) is 27.7 Å². The van der Waals surface area contributed by atoms with Gasteiger partial charge in [0.2, 0.25) is 11.6 Å². The van der Waals surface area contributed by atoms with Gasteiger partial charge >= 0.3 is 0 Å². The molecular formula is C18H18O3. The molecule has 0 aliphatic carbocycles. The second-order valence-electron chi connectivity index (χ2n) is 5.71. The first kappa shape index (κ1) is 13.0. The van der Waals surface area contributed by atoms with Gasteiger partial charge in [-0.1, -0.05) is 60.7 Å². The molecule has 0 spiro atoms. The van der Waals surface area contributed by atoms with Crippen LogP contribution in [-0.2, 0) is 26.1 Å². The maximum atomic E-state index is 6.43. The van der Waals surface area contributed by atoms with Crippen molar-refractivity contribution in [3.8, 4) is 0 Å². The molecule has 2 aromatic rings. The van der Waals surface area contributed by atoms with Crippen LogP contribution in [0.15, 0.2) is 60.7 Å². The van der Waals surface area contributed by atoms with Gasteiger partial charge in [-0.3, -0.25) is 0 Å². The molecule has 2 atom stereocenters. The maximum Gasteiger partial charge on any atom is 0.230 e. The summed E-state index contributed by atoms with van der Waals surface area (Å²) in [5.41, 5.74) is 2.04. The minimum Gasteiger partial charge on any atom is -0.304 e. The molecule has 0 aromatic heterocycles. The van der Waals surface area contributed by atoms with Gasteiger partial charge in [0.15, 0.2) is 0 Å². The summed E-state index contributed by atoms with van der Waals surface area (Å²) in [4.78, 5) is 11.5. The summed E-state index contributed by atoms with van der Waals surface area (Å²) < 4.78 is 6.43. The normalized spacial score (nSPS) is 31.8. The Kier molecular flexibility index (Phi) is 3.07. The molecule has 2 saturated heterocycles. The first-order valence-electron chi connectivity index (χ1n) is 7.51. The summed E-state index contributed by atoms with van der Waals surface area (Å²) in [6.45, 7) is 0. The molecule has 108 valence electrons. The fraction of sp³-hybridized carbons (Fsp3) is 0.333. The van der Waals surface area contributed by atoms with Crippen molar-refractivity contribution in [2.75, 3.05) is 0 Å². The Bertz CT molecular complexity index is 557. The molecule has 0 amide bonds. The molecule has 2 aromatic carbocycles. The lowest BCUT2D eigenvalue weighted by molar-refractivity contribution is -0.364. The average molecular weight is 282 g/mol. The smallest absolute Gasteiger partial charge is 0.230 e. The van der Waals surface area contributed by atoms with Crippen molar-refractivity contribution in [1.29, 1.82) is 0 Å². The van der Waals surface area contributed by atoms with E-state index in [2.05, 4.69) is 0 Å². The van der Waals surface area contributed by atoms with Crippen LogP contribution in [0, 0.1) is 0 Å². The summed E-state index contributed by atoms with van der Waals surface area (Å²) in [6.07, 6.45) is 3.75. The van der Waals surface area contributed by atoms with E-state index >= 15 is 0 Å². The van der Waals surface area contributed by atoms with E-state index in [0.29, 0.717) is 0 Å². The molecule has 2 unspecified atom stereocenters. The van der Waals surface area contributed by atoms with Crippen molar-refractivity contribution in [3.05, 3.63) is 71.8 Å². The molecule has 2 fully saturated rings. The number of hydrogen-bond acceptors (Lipinski definition) is 3. The van der Waals surface area contributed by atoms with Crippen LogP contribution in [0.4, 0.5) is 0 Å². The van der Waals surface area contributed by atoms with Crippen molar-refractivity contribution in [2.24, 2.45) is 0 Å². The number of ether oxygens (including phenoxy) is 1. The third-order valence-corrected chi connectivity index (χ3v) is 4.33. The second-order valence-corrected chi connectivity index (χ2v) is 5.71. The second kappa shape index (κ2) is 4.95. The molecule has 21 heavy (non-hydrogen) atoms. The van der Waals surface area contributed by atoms with Crippen LogP contribution in [0.5, 0.6) is 0 Å². The predicted octanol–water partition coefficient (Wildman–Crippen LogP) is 4.24. The Morgan fingerprint density at radius 3 is 1.48 bits per heavy atom. The Morgan fingerprint density at radius 2 is 1.05 bits per heavy atom. The Balaban J connectivity index is 1.76. The van der Waals surface area contributed by atoms with Gasteiger partial charge in [-0.25, -0.2) is 0 Å². The minimum atomic E-state index is -0.784. The van der Waals surface area contributed by atoms with Gasteiger partial charge in [0.05, 0.1) is 0 Å². The Morgan fingerprint density at radius 1 is 0.619 bits per heavy atom. The van der Waals surface area contributed by atoms with Gasteiger partial charge in [-0.05, 0) is 12.8 Å². The lowest BCUT2D eigenvalue weighted by atomic mass is 9.99. The summed E-state index contributed by atoms with van der Waals surface area (Å²) in [7, 11) is 0. The Labute approximate surface area is 124 Å². The van der Waals surface area contributed by atoms with Crippen molar-refractivity contribution < 1.29 is 14.5 Å². The van der Waals surface area contributed by atoms with Gasteiger partial charge in [0, 0.05) is 24.0 Å². The zero-order valence-electron chi connectivity index (χ0n) is 11.8. The standard InChI is InChI=1S/C18H18O3/c1-3-9-15(10-4-1)17-13-7-8-14-18(19-17,21-20-17)16-11-5-2-6-12-16/h1-6,9-12H,7-8,13-14H2. The fourth-order valence-electron chi connectivity index (χ4n) is 3.22. The summed E-state index contributed by atoms with van der Waals surface area (Å²) in [5, 5.41) is 0. The van der Waals surface area contributed by atoms with Crippen LogP contribution in [0.2, 0.25) is 0 Å². The van der Waals surface area contributed by atoms with E-state index in [0.717, 1.165) is 36.8 Å². The number of fused-ring (bicyclic) bond motifs is 2. The highest BCUT2D eigenvalue weighted by atomic mass is 17.3. The zero-order valence-corrected chi connectivity index (χ0v) is 11.8. The van der Waals surface area contributed by atoms with E-state index in [4.69, 9.17) is 14.5 Å². The molecule has 2 heterocycles. The van der Waals surface area contributed by atoms with Crippen LogP contribution >= 0.6 is 0 Å². The minimum absolute atomic E-state index is 0.784. The molecule has 2 aliphatic rings. The van der Waals surface area contributed by atoms with Crippen molar-refractivity contribution in [2.45, 2.75) is 37.3 Å². The largest absolute Gasteiger partial charge is 0.304 e. The Hall–Kier alpha value is -1.68. The van der Waals surface area contributed by atoms with Gasteiger partial charge in [-0.2, -0.15) is 9.78 Å². The molecule has 0 N–H and O–H groups in total. The van der Waals surface area contributed by atoms with Crippen molar-refractivity contribution in [3.63, 3.8) is 0 Å². The molecule has 2 bridgehead atoms. The summed E-state index contributed by atoms with van der Waals surface area (Å²) in [5.74, 6) is -1.57. The molecule has 3 heteroatoms. The lowest BCUT2D eigenvalue weighted by Gasteiger charge is -2.27. The van der Waals surface area contributed by atoms with Crippen LogP contribution in [0.3, 0.4) is 0 Å². The van der Waals surface area contributed by atoms with Crippen molar-refractivity contribution >= 4 is 0 Å². The SMILES string of the molecule is c1ccc(C23CCCCC(c4ccccc4)(OO2)O3)cc1.